The number of ketones is 1. The predicted octanol–water partition coefficient (Wildman–Crippen LogP) is 3.69. The molecule has 1 heterocycles. The molecule has 126 valence electrons. The Morgan fingerprint density at radius 1 is 1.29 bits per heavy atom. The van der Waals surface area contributed by atoms with E-state index in [0.29, 0.717) is 17.1 Å². The second-order valence-electron chi connectivity index (χ2n) is 5.34. The normalized spacial score (nSPS) is 10.5. The summed E-state index contributed by atoms with van der Waals surface area (Å²) < 4.78 is 6.96. The van der Waals surface area contributed by atoms with Crippen molar-refractivity contribution in [2.75, 3.05) is 6.61 Å². The number of aryl methyl sites for hydroxylation is 1. The topological polar surface area (TPSA) is 68.5 Å². The van der Waals surface area contributed by atoms with Gasteiger partial charge >= 0.3 is 5.97 Å². The number of Topliss-reactive ketones (excluding diaryl/α,β-unsaturated/α-hetero) is 1. The molecule has 6 heteroatoms. The first-order valence-corrected chi connectivity index (χ1v) is 7.69. The molecule has 2 rings (SSSR count). The highest BCUT2D eigenvalue weighted by molar-refractivity contribution is 6.31. The summed E-state index contributed by atoms with van der Waals surface area (Å²) in [5.74, 6) is -1.36. The van der Waals surface area contributed by atoms with Gasteiger partial charge in [-0.3, -0.25) is 4.79 Å². The average molecular weight is 348 g/mol. The van der Waals surface area contributed by atoms with Gasteiger partial charge in [-0.15, -0.1) is 6.58 Å². The largest absolute Gasteiger partial charge is 0.507 e. The van der Waals surface area contributed by atoms with E-state index in [1.165, 1.54) is 18.2 Å². The zero-order chi connectivity index (χ0) is 17.9. The van der Waals surface area contributed by atoms with Crippen molar-refractivity contribution in [3.05, 3.63) is 64.5 Å². The maximum atomic E-state index is 12.3. The van der Waals surface area contributed by atoms with Gasteiger partial charge in [-0.25, -0.2) is 4.79 Å². The first kappa shape index (κ1) is 17.8. The Bertz CT molecular complexity index is 808. The monoisotopic (exact) mass is 347 g/mol. The van der Waals surface area contributed by atoms with E-state index < -0.39 is 12.6 Å². The summed E-state index contributed by atoms with van der Waals surface area (Å²) in [5, 5.41) is 9.96. The maximum absolute atomic E-state index is 12.3. The molecule has 0 saturated carbocycles. The molecule has 0 aliphatic heterocycles. The molecule has 2 aromatic rings. The molecule has 0 aliphatic rings. The number of hydrogen-bond acceptors (Lipinski definition) is 4. The zero-order valence-electron chi connectivity index (χ0n) is 13.5. The van der Waals surface area contributed by atoms with Crippen molar-refractivity contribution in [2.45, 2.75) is 20.4 Å². The zero-order valence-corrected chi connectivity index (χ0v) is 14.3. The number of halogens is 1. The second-order valence-corrected chi connectivity index (χ2v) is 5.78. The molecular formula is C18H18ClNO4. The molecule has 5 nitrogen and oxygen atoms in total. The predicted molar refractivity (Wildman–Crippen MR) is 91.8 cm³/mol. The third-order valence-electron chi connectivity index (χ3n) is 3.70. The minimum Gasteiger partial charge on any atom is -0.507 e. The number of phenolic OH excluding ortho intramolecular Hbond substituents is 1. The number of esters is 1. The van der Waals surface area contributed by atoms with E-state index in [1.54, 1.807) is 12.1 Å². The van der Waals surface area contributed by atoms with E-state index in [1.807, 2.05) is 18.4 Å². The fraction of sp³-hybridized carbons (Fsp3) is 0.222. The number of ether oxygens (including phenoxy) is 1. The van der Waals surface area contributed by atoms with Gasteiger partial charge in [-0.1, -0.05) is 17.7 Å². The lowest BCUT2D eigenvalue weighted by Crippen LogP contribution is -2.15. The van der Waals surface area contributed by atoms with Crippen LogP contribution in [0.15, 0.2) is 36.9 Å². The number of carbonyl (C=O) groups is 2. The van der Waals surface area contributed by atoms with E-state index in [4.69, 9.17) is 16.3 Å². The summed E-state index contributed by atoms with van der Waals surface area (Å²) in [6.07, 6.45) is 1.75. The van der Waals surface area contributed by atoms with Crippen molar-refractivity contribution >= 4 is 23.4 Å². The maximum Gasteiger partial charge on any atom is 0.342 e. The molecule has 0 saturated heterocycles. The minimum absolute atomic E-state index is 0.0765. The lowest BCUT2D eigenvalue weighted by Gasteiger charge is -2.08. The molecule has 1 N–H and O–H groups in total. The van der Waals surface area contributed by atoms with Crippen molar-refractivity contribution in [3.63, 3.8) is 0 Å². The number of allylic oxidation sites excluding steroid dienone is 1. The summed E-state index contributed by atoms with van der Waals surface area (Å²) in [4.78, 5) is 24.3. The fourth-order valence-electron chi connectivity index (χ4n) is 2.45. The van der Waals surface area contributed by atoms with E-state index in [0.717, 1.165) is 11.4 Å². The minimum atomic E-state index is -0.803. The van der Waals surface area contributed by atoms with Crippen LogP contribution in [0.5, 0.6) is 5.75 Å². The van der Waals surface area contributed by atoms with Crippen LogP contribution < -0.4 is 0 Å². The highest BCUT2D eigenvalue weighted by atomic mass is 35.5. The van der Waals surface area contributed by atoms with Crippen LogP contribution in [0.25, 0.3) is 0 Å². The smallest absolute Gasteiger partial charge is 0.342 e. The van der Waals surface area contributed by atoms with E-state index >= 15 is 0 Å². The third kappa shape index (κ3) is 3.68. The van der Waals surface area contributed by atoms with Crippen LogP contribution in [0, 0.1) is 13.8 Å². The molecule has 0 unspecified atom stereocenters. The Balaban J connectivity index is 2.11. The molecule has 0 fully saturated rings. The van der Waals surface area contributed by atoms with Crippen molar-refractivity contribution < 1.29 is 19.4 Å². The van der Waals surface area contributed by atoms with Crippen LogP contribution in [0.4, 0.5) is 0 Å². The van der Waals surface area contributed by atoms with E-state index in [9.17, 15) is 14.7 Å². The highest BCUT2D eigenvalue weighted by Crippen LogP contribution is 2.22. The van der Waals surface area contributed by atoms with Gasteiger partial charge in [-0.05, 0) is 38.1 Å². The number of rotatable bonds is 6. The first-order chi connectivity index (χ1) is 11.3. The fourth-order valence-corrected chi connectivity index (χ4v) is 2.62. The van der Waals surface area contributed by atoms with Crippen molar-refractivity contribution in [1.29, 1.82) is 0 Å². The molecule has 0 atom stereocenters. The Hall–Kier alpha value is -2.53. The lowest BCUT2D eigenvalue weighted by atomic mass is 10.1. The number of phenols is 1. The Labute approximate surface area is 145 Å². The molecular weight excluding hydrogens is 330 g/mol. The van der Waals surface area contributed by atoms with Crippen molar-refractivity contribution in [2.24, 2.45) is 0 Å². The number of aromatic nitrogens is 1. The summed E-state index contributed by atoms with van der Waals surface area (Å²) >= 11 is 5.79. The van der Waals surface area contributed by atoms with E-state index in [-0.39, 0.29) is 17.1 Å². The van der Waals surface area contributed by atoms with Crippen LogP contribution in [-0.2, 0) is 11.3 Å². The van der Waals surface area contributed by atoms with Gasteiger partial charge in [-0.2, -0.15) is 0 Å². The van der Waals surface area contributed by atoms with Gasteiger partial charge in [0, 0.05) is 28.5 Å². The summed E-state index contributed by atoms with van der Waals surface area (Å²) in [7, 11) is 0. The van der Waals surface area contributed by atoms with Gasteiger partial charge in [0.05, 0.1) is 0 Å². The average Bonchev–Trinajstić information content (AvgIpc) is 2.83. The lowest BCUT2D eigenvalue weighted by molar-refractivity contribution is 0.0471. The van der Waals surface area contributed by atoms with Crippen molar-refractivity contribution in [3.8, 4) is 5.75 Å². The first-order valence-electron chi connectivity index (χ1n) is 7.31. The molecule has 0 aliphatic carbocycles. The van der Waals surface area contributed by atoms with Gasteiger partial charge in [0.15, 0.2) is 6.61 Å². The third-order valence-corrected chi connectivity index (χ3v) is 3.93. The van der Waals surface area contributed by atoms with Crippen LogP contribution >= 0.6 is 11.6 Å². The Morgan fingerprint density at radius 2 is 2.00 bits per heavy atom. The van der Waals surface area contributed by atoms with Gasteiger partial charge < -0.3 is 14.4 Å². The molecule has 1 aromatic carbocycles. The molecule has 0 amide bonds. The quantitative estimate of drug-likeness (QED) is 0.491. The summed E-state index contributed by atoms with van der Waals surface area (Å²) in [6, 6.07) is 5.79. The van der Waals surface area contributed by atoms with Crippen LogP contribution in [0.1, 0.15) is 32.1 Å². The Morgan fingerprint density at radius 3 is 2.67 bits per heavy atom. The van der Waals surface area contributed by atoms with Gasteiger partial charge in [0.2, 0.25) is 5.78 Å². The van der Waals surface area contributed by atoms with Gasteiger partial charge in [0.1, 0.15) is 11.3 Å². The van der Waals surface area contributed by atoms with Crippen LogP contribution in [0.3, 0.4) is 0 Å². The summed E-state index contributed by atoms with van der Waals surface area (Å²) in [6.45, 7) is 7.60. The molecule has 0 bridgehead atoms. The summed E-state index contributed by atoms with van der Waals surface area (Å²) in [5.41, 5.74) is 2.14. The Kier molecular flexibility index (Phi) is 5.46. The molecule has 0 spiro atoms. The molecule has 24 heavy (non-hydrogen) atoms. The highest BCUT2D eigenvalue weighted by Gasteiger charge is 2.19. The van der Waals surface area contributed by atoms with Gasteiger partial charge in [0.25, 0.3) is 0 Å². The van der Waals surface area contributed by atoms with E-state index in [2.05, 4.69) is 6.58 Å². The standard InChI is InChI=1S/C18H18ClNO4/c1-4-7-20-11(2)8-14(12(20)3)17(22)10-24-18(23)15-9-13(19)5-6-16(15)21/h4-6,8-9,21H,1,7,10H2,2-3H3. The van der Waals surface area contributed by atoms with Crippen LogP contribution in [0.2, 0.25) is 5.02 Å². The van der Waals surface area contributed by atoms with Crippen LogP contribution in [-0.4, -0.2) is 28.0 Å². The number of benzene rings is 1. The number of aromatic hydroxyl groups is 1. The number of nitrogens with zero attached hydrogens (tertiary/aromatic N) is 1. The molecule has 1 aromatic heterocycles. The number of hydrogen-bond donors (Lipinski definition) is 1. The second kappa shape index (κ2) is 7.36. The molecule has 0 radical (unpaired) electrons. The SMILES string of the molecule is C=CCn1c(C)cc(C(=O)COC(=O)c2cc(Cl)ccc2O)c1C. The van der Waals surface area contributed by atoms with Crippen molar-refractivity contribution in [1.82, 2.24) is 4.57 Å². The number of carbonyl (C=O) groups excluding carboxylic acids is 2.